The number of amides is 1. The topological polar surface area (TPSA) is 74.3 Å². The van der Waals surface area contributed by atoms with Crippen molar-refractivity contribution in [1.82, 2.24) is 4.90 Å². The van der Waals surface area contributed by atoms with E-state index in [1.807, 2.05) is 4.90 Å². The molecule has 0 N–H and O–H groups in total. The lowest BCUT2D eigenvalue weighted by Gasteiger charge is -2.15. The van der Waals surface area contributed by atoms with Crippen LogP contribution in [-0.2, 0) is 4.79 Å². The van der Waals surface area contributed by atoms with E-state index < -0.39 is 0 Å². The minimum absolute atomic E-state index is 0.00487. The first kappa shape index (κ1) is 19.8. The van der Waals surface area contributed by atoms with Gasteiger partial charge >= 0.3 is 0 Å². The van der Waals surface area contributed by atoms with E-state index in [4.69, 9.17) is 18.9 Å². The van der Waals surface area contributed by atoms with Gasteiger partial charge in [0.05, 0.1) is 7.11 Å². The standard InChI is InChI=1S/C23H23NO6/c1-27-20-12-16(13-21-23(20)30-15-29-21)4-9-19(25)17-5-7-18(8-6-17)28-14-22(26)24-10-2-3-11-24/h4-9,12-13H,2-3,10-11,14-15H2,1H3/b9-4+. The summed E-state index contributed by atoms with van der Waals surface area (Å²) < 4.78 is 21.6. The second-order valence-corrected chi connectivity index (χ2v) is 7.06. The molecule has 7 nitrogen and oxygen atoms in total. The molecule has 156 valence electrons. The molecular weight excluding hydrogens is 386 g/mol. The SMILES string of the molecule is COc1cc(/C=C/C(=O)c2ccc(OCC(=O)N3CCCC3)cc2)cc2c1OCO2. The number of fused-ring (bicyclic) bond motifs is 1. The Labute approximate surface area is 174 Å². The Morgan fingerprint density at radius 3 is 2.60 bits per heavy atom. The maximum atomic E-state index is 12.5. The number of allylic oxidation sites excluding steroid dienone is 1. The Kier molecular flexibility index (Phi) is 5.88. The van der Waals surface area contributed by atoms with E-state index in [2.05, 4.69) is 0 Å². The van der Waals surface area contributed by atoms with Gasteiger partial charge in [-0.05, 0) is 60.9 Å². The Morgan fingerprint density at radius 2 is 1.87 bits per heavy atom. The average molecular weight is 409 g/mol. The predicted octanol–water partition coefficient (Wildman–Crippen LogP) is 3.32. The van der Waals surface area contributed by atoms with Gasteiger partial charge in [0.15, 0.2) is 23.9 Å². The first-order chi connectivity index (χ1) is 14.6. The zero-order chi connectivity index (χ0) is 20.9. The van der Waals surface area contributed by atoms with Crippen LogP contribution in [0.5, 0.6) is 23.0 Å². The van der Waals surface area contributed by atoms with E-state index in [1.54, 1.807) is 49.6 Å². The van der Waals surface area contributed by atoms with Gasteiger partial charge in [-0.2, -0.15) is 0 Å². The summed E-state index contributed by atoms with van der Waals surface area (Å²) in [6.07, 6.45) is 5.29. The summed E-state index contributed by atoms with van der Waals surface area (Å²) in [5.41, 5.74) is 1.29. The molecule has 0 spiro atoms. The monoisotopic (exact) mass is 409 g/mol. The van der Waals surface area contributed by atoms with E-state index >= 15 is 0 Å². The molecule has 0 aliphatic carbocycles. The van der Waals surface area contributed by atoms with Gasteiger partial charge in [0.2, 0.25) is 12.5 Å². The van der Waals surface area contributed by atoms with Crippen molar-refractivity contribution in [2.45, 2.75) is 12.8 Å². The van der Waals surface area contributed by atoms with Crippen LogP contribution < -0.4 is 18.9 Å². The van der Waals surface area contributed by atoms with Crippen molar-refractivity contribution in [3.63, 3.8) is 0 Å². The first-order valence-electron chi connectivity index (χ1n) is 9.85. The van der Waals surface area contributed by atoms with Crippen molar-refractivity contribution in [3.8, 4) is 23.0 Å². The van der Waals surface area contributed by atoms with Crippen molar-refractivity contribution in [1.29, 1.82) is 0 Å². The number of ether oxygens (including phenoxy) is 4. The predicted molar refractivity (Wildman–Crippen MR) is 110 cm³/mol. The van der Waals surface area contributed by atoms with Crippen molar-refractivity contribution < 1.29 is 28.5 Å². The lowest BCUT2D eigenvalue weighted by atomic mass is 10.1. The third-order valence-corrected chi connectivity index (χ3v) is 5.07. The van der Waals surface area contributed by atoms with E-state index in [0.29, 0.717) is 28.6 Å². The van der Waals surface area contributed by atoms with Gasteiger partial charge in [0.25, 0.3) is 5.91 Å². The molecule has 2 aliphatic rings. The van der Waals surface area contributed by atoms with Crippen molar-refractivity contribution in [2.75, 3.05) is 33.6 Å². The van der Waals surface area contributed by atoms with Crippen LogP contribution in [0.2, 0.25) is 0 Å². The normalized spacial score (nSPS) is 14.9. The molecule has 1 fully saturated rings. The van der Waals surface area contributed by atoms with Crippen LogP contribution in [0.4, 0.5) is 0 Å². The Balaban J connectivity index is 1.36. The molecule has 2 aliphatic heterocycles. The fraction of sp³-hybridized carbons (Fsp3) is 0.304. The van der Waals surface area contributed by atoms with E-state index in [1.165, 1.54) is 6.08 Å². The second kappa shape index (κ2) is 8.90. The van der Waals surface area contributed by atoms with Gasteiger partial charge in [0.1, 0.15) is 5.75 Å². The molecule has 4 rings (SSSR count). The molecule has 0 saturated carbocycles. The van der Waals surface area contributed by atoms with E-state index in [9.17, 15) is 9.59 Å². The molecule has 2 aromatic carbocycles. The molecule has 30 heavy (non-hydrogen) atoms. The van der Waals surface area contributed by atoms with Crippen LogP contribution in [0.1, 0.15) is 28.8 Å². The second-order valence-electron chi connectivity index (χ2n) is 7.06. The zero-order valence-electron chi connectivity index (χ0n) is 16.8. The maximum absolute atomic E-state index is 12.5. The van der Waals surface area contributed by atoms with Crippen molar-refractivity contribution in [2.24, 2.45) is 0 Å². The lowest BCUT2D eigenvalue weighted by Crippen LogP contribution is -2.32. The molecule has 2 aromatic rings. The number of ketones is 1. The van der Waals surface area contributed by atoms with Crippen LogP contribution in [0.25, 0.3) is 6.08 Å². The molecule has 7 heteroatoms. The van der Waals surface area contributed by atoms with Gasteiger partial charge in [-0.15, -0.1) is 0 Å². The third kappa shape index (κ3) is 4.40. The van der Waals surface area contributed by atoms with Gasteiger partial charge in [-0.3, -0.25) is 9.59 Å². The molecule has 0 atom stereocenters. The van der Waals surface area contributed by atoms with Crippen LogP contribution in [0.15, 0.2) is 42.5 Å². The fourth-order valence-electron chi connectivity index (χ4n) is 3.43. The summed E-state index contributed by atoms with van der Waals surface area (Å²) in [5.74, 6) is 2.12. The maximum Gasteiger partial charge on any atom is 0.260 e. The van der Waals surface area contributed by atoms with Gasteiger partial charge in [-0.1, -0.05) is 6.08 Å². The quantitative estimate of drug-likeness (QED) is 0.516. The summed E-state index contributed by atoms with van der Waals surface area (Å²) in [6, 6.07) is 10.3. The Hall–Kier alpha value is -3.48. The number of hydrogen-bond acceptors (Lipinski definition) is 6. The lowest BCUT2D eigenvalue weighted by molar-refractivity contribution is -0.132. The highest BCUT2D eigenvalue weighted by atomic mass is 16.7. The first-order valence-corrected chi connectivity index (χ1v) is 9.85. The molecule has 0 bridgehead atoms. The van der Waals surface area contributed by atoms with Crippen molar-refractivity contribution >= 4 is 17.8 Å². The third-order valence-electron chi connectivity index (χ3n) is 5.07. The summed E-state index contributed by atoms with van der Waals surface area (Å²) in [6.45, 7) is 1.77. The number of benzene rings is 2. The molecule has 0 radical (unpaired) electrons. The number of nitrogens with zero attached hydrogens (tertiary/aromatic N) is 1. The molecular formula is C23H23NO6. The van der Waals surface area contributed by atoms with Gasteiger partial charge < -0.3 is 23.8 Å². The molecule has 2 heterocycles. The number of methoxy groups -OCH3 is 1. The summed E-state index contributed by atoms with van der Waals surface area (Å²) in [7, 11) is 1.55. The van der Waals surface area contributed by atoms with Gasteiger partial charge in [0, 0.05) is 18.7 Å². The minimum atomic E-state index is -0.147. The summed E-state index contributed by atoms with van der Waals surface area (Å²) in [4.78, 5) is 26.3. The van der Waals surface area contributed by atoms with Crippen molar-refractivity contribution in [3.05, 3.63) is 53.6 Å². The summed E-state index contributed by atoms with van der Waals surface area (Å²) in [5, 5.41) is 0. The highest BCUT2D eigenvalue weighted by molar-refractivity contribution is 6.06. The molecule has 0 unspecified atom stereocenters. The van der Waals surface area contributed by atoms with E-state index in [-0.39, 0.29) is 25.1 Å². The minimum Gasteiger partial charge on any atom is -0.493 e. The summed E-state index contributed by atoms with van der Waals surface area (Å²) >= 11 is 0. The number of carbonyl (C=O) groups is 2. The number of likely N-dealkylation sites (tertiary alicyclic amines) is 1. The van der Waals surface area contributed by atoms with E-state index in [0.717, 1.165) is 31.5 Å². The average Bonchev–Trinajstić information content (AvgIpc) is 3.47. The molecule has 1 saturated heterocycles. The molecule has 0 aromatic heterocycles. The number of carbonyl (C=O) groups excluding carboxylic acids is 2. The smallest absolute Gasteiger partial charge is 0.260 e. The Morgan fingerprint density at radius 1 is 1.10 bits per heavy atom. The number of rotatable bonds is 7. The molecule has 1 amide bonds. The Bertz CT molecular complexity index is 960. The largest absolute Gasteiger partial charge is 0.493 e. The van der Waals surface area contributed by atoms with Crippen LogP contribution in [0.3, 0.4) is 0 Å². The van der Waals surface area contributed by atoms with Crippen LogP contribution >= 0.6 is 0 Å². The zero-order valence-corrected chi connectivity index (χ0v) is 16.8. The highest BCUT2D eigenvalue weighted by Crippen LogP contribution is 2.42. The highest BCUT2D eigenvalue weighted by Gasteiger charge is 2.20. The van der Waals surface area contributed by atoms with Crippen LogP contribution in [0, 0.1) is 0 Å². The van der Waals surface area contributed by atoms with Crippen LogP contribution in [-0.4, -0.2) is 50.2 Å². The van der Waals surface area contributed by atoms with Gasteiger partial charge in [-0.25, -0.2) is 0 Å². The fourth-order valence-corrected chi connectivity index (χ4v) is 3.43. The number of hydrogen-bond donors (Lipinski definition) is 0.